The van der Waals surface area contributed by atoms with E-state index >= 15 is 0 Å². The molecule has 0 unspecified atom stereocenters. The lowest BCUT2D eigenvalue weighted by atomic mass is 10.2. The largest absolute Gasteiger partial charge is 0.423 e. The van der Waals surface area contributed by atoms with Crippen LogP contribution in [0.25, 0.3) is 6.08 Å². The number of nitrogens with zero attached hydrogens (tertiary/aromatic N) is 4. The van der Waals surface area contributed by atoms with E-state index in [-0.39, 0.29) is 6.01 Å². The first-order valence-corrected chi connectivity index (χ1v) is 6.64. The topological polar surface area (TPSA) is 63.2 Å². The molecule has 0 radical (unpaired) electrons. The molecule has 0 aliphatic carbocycles. The van der Waals surface area contributed by atoms with E-state index in [1.807, 2.05) is 57.4 Å². The summed E-state index contributed by atoms with van der Waals surface area (Å²) in [4.78, 5) is 14.6. The van der Waals surface area contributed by atoms with Gasteiger partial charge in [-0.2, -0.15) is 15.0 Å². The molecule has 1 aromatic carbocycles. The number of hydrogen-bond acceptors (Lipinski definition) is 6. The number of ether oxygens (including phenoxy) is 1. The first-order valence-electron chi connectivity index (χ1n) is 6.64. The molecule has 21 heavy (non-hydrogen) atoms. The Hall–Kier alpha value is -2.63. The number of anilines is 2. The SMILES string of the molecule is C/C=C/c1ccccc1Oc1nc(NC)nc(N(C)C)n1. The highest BCUT2D eigenvalue weighted by atomic mass is 16.5. The molecular weight excluding hydrogens is 266 g/mol. The predicted octanol–water partition coefficient (Wildman–Crippen LogP) is 2.80. The van der Waals surface area contributed by atoms with Gasteiger partial charge in [-0.15, -0.1) is 0 Å². The van der Waals surface area contributed by atoms with Gasteiger partial charge in [-0.1, -0.05) is 30.4 Å². The average Bonchev–Trinajstić information content (AvgIpc) is 2.49. The fourth-order valence-electron chi connectivity index (χ4n) is 1.69. The normalized spacial score (nSPS) is 10.7. The molecule has 110 valence electrons. The summed E-state index contributed by atoms with van der Waals surface area (Å²) >= 11 is 0. The smallest absolute Gasteiger partial charge is 0.328 e. The van der Waals surface area contributed by atoms with E-state index < -0.39 is 0 Å². The summed E-state index contributed by atoms with van der Waals surface area (Å²) in [7, 11) is 5.49. The molecule has 0 saturated heterocycles. The molecule has 0 spiro atoms. The second kappa shape index (κ2) is 6.69. The van der Waals surface area contributed by atoms with Crippen molar-refractivity contribution >= 4 is 18.0 Å². The number of nitrogens with one attached hydrogen (secondary N) is 1. The van der Waals surface area contributed by atoms with Crippen molar-refractivity contribution in [3.05, 3.63) is 35.9 Å². The Balaban J connectivity index is 2.37. The van der Waals surface area contributed by atoms with E-state index in [1.165, 1.54) is 0 Å². The van der Waals surface area contributed by atoms with Crippen molar-refractivity contribution in [2.45, 2.75) is 6.92 Å². The highest BCUT2D eigenvalue weighted by Crippen LogP contribution is 2.25. The Bertz CT molecular complexity index is 640. The van der Waals surface area contributed by atoms with Gasteiger partial charge in [-0.25, -0.2) is 0 Å². The van der Waals surface area contributed by atoms with Crippen LogP contribution in [0.15, 0.2) is 30.3 Å². The molecule has 0 amide bonds. The van der Waals surface area contributed by atoms with Gasteiger partial charge in [0.15, 0.2) is 0 Å². The molecule has 0 atom stereocenters. The van der Waals surface area contributed by atoms with E-state index in [9.17, 15) is 0 Å². The number of aromatic nitrogens is 3. The summed E-state index contributed by atoms with van der Waals surface area (Å²) in [6.45, 7) is 1.96. The molecule has 1 aromatic heterocycles. The Morgan fingerprint density at radius 1 is 1.14 bits per heavy atom. The monoisotopic (exact) mass is 285 g/mol. The predicted molar refractivity (Wildman–Crippen MR) is 84.9 cm³/mol. The molecule has 0 fully saturated rings. The van der Waals surface area contributed by atoms with E-state index in [1.54, 1.807) is 11.9 Å². The van der Waals surface area contributed by atoms with Crippen LogP contribution in [0.5, 0.6) is 11.8 Å². The molecule has 0 aliphatic heterocycles. The maximum Gasteiger partial charge on any atom is 0.328 e. The molecule has 0 aliphatic rings. The van der Waals surface area contributed by atoms with Gasteiger partial charge in [-0.05, 0) is 13.0 Å². The Morgan fingerprint density at radius 3 is 2.57 bits per heavy atom. The molecule has 2 aromatic rings. The average molecular weight is 285 g/mol. The maximum absolute atomic E-state index is 5.82. The summed E-state index contributed by atoms with van der Waals surface area (Å²) in [6, 6.07) is 7.99. The van der Waals surface area contributed by atoms with Crippen molar-refractivity contribution in [2.75, 3.05) is 31.4 Å². The summed E-state index contributed by atoms with van der Waals surface area (Å²) in [5.74, 6) is 1.70. The van der Waals surface area contributed by atoms with Crippen molar-refractivity contribution in [3.8, 4) is 11.8 Å². The zero-order valence-electron chi connectivity index (χ0n) is 12.7. The lowest BCUT2D eigenvalue weighted by molar-refractivity contribution is 0.439. The molecule has 6 heteroatoms. The zero-order chi connectivity index (χ0) is 15.2. The minimum Gasteiger partial charge on any atom is -0.423 e. The summed E-state index contributed by atoms with van der Waals surface area (Å²) in [5.41, 5.74) is 0.970. The first-order chi connectivity index (χ1) is 10.1. The number of rotatable bonds is 5. The Kier molecular flexibility index (Phi) is 4.71. The molecular formula is C15H19N5O. The summed E-state index contributed by atoms with van der Waals surface area (Å²) in [6.07, 6.45) is 3.93. The highest BCUT2D eigenvalue weighted by Gasteiger charge is 2.10. The van der Waals surface area contributed by atoms with Crippen LogP contribution in [-0.2, 0) is 0 Å². The lowest BCUT2D eigenvalue weighted by Crippen LogP contribution is -2.15. The first kappa shape index (κ1) is 14.8. The standard InChI is InChI=1S/C15H19N5O/c1-5-8-11-9-6-7-10-12(11)21-15-18-13(16-2)17-14(19-15)20(3)4/h5-10H,1-4H3,(H,16,17,18,19)/b8-5+. The van der Waals surface area contributed by atoms with Gasteiger partial charge in [0.25, 0.3) is 0 Å². The van der Waals surface area contributed by atoms with Crippen LogP contribution >= 0.6 is 0 Å². The third kappa shape index (κ3) is 3.68. The van der Waals surface area contributed by atoms with E-state index in [2.05, 4.69) is 20.3 Å². The van der Waals surface area contributed by atoms with E-state index in [0.29, 0.717) is 17.6 Å². The van der Waals surface area contributed by atoms with Gasteiger partial charge in [0, 0.05) is 26.7 Å². The third-order valence-electron chi connectivity index (χ3n) is 2.69. The van der Waals surface area contributed by atoms with Crippen molar-refractivity contribution in [2.24, 2.45) is 0 Å². The van der Waals surface area contributed by atoms with Crippen LogP contribution in [0.2, 0.25) is 0 Å². The van der Waals surface area contributed by atoms with Crippen LogP contribution < -0.4 is 15.0 Å². The quantitative estimate of drug-likeness (QED) is 0.911. The van der Waals surface area contributed by atoms with Gasteiger partial charge in [-0.3, -0.25) is 0 Å². The van der Waals surface area contributed by atoms with E-state index in [0.717, 1.165) is 5.56 Å². The third-order valence-corrected chi connectivity index (χ3v) is 2.69. The van der Waals surface area contributed by atoms with Crippen LogP contribution in [0.3, 0.4) is 0 Å². The number of allylic oxidation sites excluding steroid dienone is 1. The maximum atomic E-state index is 5.82. The number of benzene rings is 1. The molecule has 1 heterocycles. The van der Waals surface area contributed by atoms with E-state index in [4.69, 9.17) is 4.74 Å². The number of para-hydroxylation sites is 1. The van der Waals surface area contributed by atoms with Gasteiger partial charge >= 0.3 is 6.01 Å². The fraction of sp³-hybridized carbons (Fsp3) is 0.267. The van der Waals surface area contributed by atoms with Crippen molar-refractivity contribution in [1.29, 1.82) is 0 Å². The van der Waals surface area contributed by atoms with Crippen LogP contribution in [-0.4, -0.2) is 36.1 Å². The molecule has 2 rings (SSSR count). The van der Waals surface area contributed by atoms with Gasteiger partial charge in [0.1, 0.15) is 5.75 Å². The minimum absolute atomic E-state index is 0.259. The van der Waals surface area contributed by atoms with Crippen LogP contribution in [0.1, 0.15) is 12.5 Å². The molecule has 0 bridgehead atoms. The van der Waals surface area contributed by atoms with Gasteiger partial charge < -0.3 is 15.0 Å². The van der Waals surface area contributed by atoms with Crippen LogP contribution in [0, 0.1) is 0 Å². The fourth-order valence-corrected chi connectivity index (χ4v) is 1.69. The molecule has 1 N–H and O–H groups in total. The molecule has 0 saturated carbocycles. The van der Waals surface area contributed by atoms with Gasteiger partial charge in [0.05, 0.1) is 0 Å². The highest BCUT2D eigenvalue weighted by molar-refractivity contribution is 5.57. The summed E-state index contributed by atoms with van der Waals surface area (Å²) in [5, 5.41) is 2.91. The second-order valence-electron chi connectivity index (χ2n) is 4.53. The Morgan fingerprint density at radius 2 is 1.90 bits per heavy atom. The Labute approximate surface area is 124 Å². The van der Waals surface area contributed by atoms with Crippen molar-refractivity contribution in [3.63, 3.8) is 0 Å². The lowest BCUT2D eigenvalue weighted by Gasteiger charge is -2.13. The van der Waals surface area contributed by atoms with Gasteiger partial charge in [0.2, 0.25) is 11.9 Å². The van der Waals surface area contributed by atoms with Crippen LogP contribution in [0.4, 0.5) is 11.9 Å². The zero-order valence-corrected chi connectivity index (χ0v) is 12.7. The summed E-state index contributed by atoms with van der Waals surface area (Å²) < 4.78 is 5.82. The van der Waals surface area contributed by atoms with Crippen molar-refractivity contribution in [1.82, 2.24) is 15.0 Å². The molecule has 6 nitrogen and oxygen atoms in total. The second-order valence-corrected chi connectivity index (χ2v) is 4.53. The van der Waals surface area contributed by atoms with Crippen molar-refractivity contribution < 1.29 is 4.74 Å². The number of hydrogen-bond donors (Lipinski definition) is 1. The minimum atomic E-state index is 0.259.